The van der Waals surface area contributed by atoms with Crippen molar-refractivity contribution in [2.24, 2.45) is 17.8 Å². The van der Waals surface area contributed by atoms with E-state index in [-0.39, 0.29) is 11.8 Å². The van der Waals surface area contributed by atoms with E-state index >= 15 is 0 Å². The van der Waals surface area contributed by atoms with Gasteiger partial charge in [0.2, 0.25) is 5.91 Å². The number of carbonyl (C=O) groups is 1. The Bertz CT molecular complexity index is 540. The molecule has 1 aromatic rings. The van der Waals surface area contributed by atoms with Gasteiger partial charge >= 0.3 is 0 Å². The summed E-state index contributed by atoms with van der Waals surface area (Å²) in [6.45, 7) is 0. The van der Waals surface area contributed by atoms with Crippen LogP contribution in [0.2, 0.25) is 0 Å². The maximum absolute atomic E-state index is 12.4. The number of amides is 1. The van der Waals surface area contributed by atoms with Gasteiger partial charge in [0.05, 0.1) is 18.7 Å². The molecule has 2 bridgehead atoms. The second-order valence-electron chi connectivity index (χ2n) is 6.23. The van der Waals surface area contributed by atoms with Crippen molar-refractivity contribution < 1.29 is 9.53 Å². The number of benzene rings is 1. The molecule has 2 saturated carbocycles. The lowest BCUT2D eigenvalue weighted by Crippen LogP contribution is -2.25. The van der Waals surface area contributed by atoms with Gasteiger partial charge in [-0.25, -0.2) is 0 Å². The van der Waals surface area contributed by atoms with Gasteiger partial charge in [-0.2, -0.15) is 0 Å². The number of ether oxygens (including phenoxy) is 1. The van der Waals surface area contributed by atoms with Gasteiger partial charge in [0.1, 0.15) is 5.75 Å². The van der Waals surface area contributed by atoms with Crippen LogP contribution in [0.1, 0.15) is 37.2 Å². The molecule has 1 amide bonds. The summed E-state index contributed by atoms with van der Waals surface area (Å²) in [4.78, 5) is 12.4. The van der Waals surface area contributed by atoms with Crippen molar-refractivity contribution in [1.82, 2.24) is 0 Å². The number of rotatable bonds is 2. The maximum Gasteiger partial charge on any atom is 0.232 e. The summed E-state index contributed by atoms with van der Waals surface area (Å²) in [5.74, 6) is 3.21. The molecule has 4 atom stereocenters. The zero-order valence-corrected chi connectivity index (χ0v) is 11.2. The van der Waals surface area contributed by atoms with Gasteiger partial charge in [-0.15, -0.1) is 0 Å². The average Bonchev–Trinajstić information content (AvgIpc) is 3.09. The van der Waals surface area contributed by atoms with Crippen molar-refractivity contribution in [3.8, 4) is 5.75 Å². The number of fused-ring (bicyclic) bond motifs is 3. The minimum Gasteiger partial charge on any atom is -0.495 e. The monoisotopic (exact) mass is 257 g/mol. The topological polar surface area (TPSA) is 38.3 Å². The van der Waals surface area contributed by atoms with Crippen molar-refractivity contribution in [1.29, 1.82) is 0 Å². The van der Waals surface area contributed by atoms with E-state index in [0.29, 0.717) is 5.92 Å². The van der Waals surface area contributed by atoms with Crippen molar-refractivity contribution >= 4 is 11.6 Å². The van der Waals surface area contributed by atoms with Crippen LogP contribution in [0.25, 0.3) is 0 Å². The molecule has 1 aromatic carbocycles. The first-order chi connectivity index (χ1) is 9.28. The minimum atomic E-state index is 0.0559. The quantitative estimate of drug-likeness (QED) is 0.883. The summed E-state index contributed by atoms with van der Waals surface area (Å²) in [5, 5.41) is 3.04. The Morgan fingerprint density at radius 3 is 2.84 bits per heavy atom. The lowest BCUT2D eigenvalue weighted by Gasteiger charge is -2.26. The third-order valence-electron chi connectivity index (χ3n) is 5.37. The highest BCUT2D eigenvalue weighted by molar-refractivity contribution is 6.04. The van der Waals surface area contributed by atoms with Crippen LogP contribution < -0.4 is 10.1 Å². The Labute approximate surface area is 113 Å². The number of hydrogen-bond donors (Lipinski definition) is 1. The second-order valence-corrected chi connectivity index (χ2v) is 6.23. The van der Waals surface area contributed by atoms with Crippen LogP contribution >= 0.6 is 0 Å². The van der Waals surface area contributed by atoms with E-state index in [4.69, 9.17) is 4.74 Å². The van der Waals surface area contributed by atoms with Crippen LogP contribution in [0, 0.1) is 17.8 Å². The number of carbonyl (C=O) groups excluding carboxylic acids is 1. The molecular weight excluding hydrogens is 238 g/mol. The van der Waals surface area contributed by atoms with Crippen LogP contribution in [0.4, 0.5) is 5.69 Å². The molecule has 0 spiro atoms. The molecule has 3 aliphatic rings. The van der Waals surface area contributed by atoms with Gasteiger partial charge in [0.15, 0.2) is 0 Å². The third kappa shape index (κ3) is 1.54. The largest absolute Gasteiger partial charge is 0.495 e. The fraction of sp³-hybridized carbons (Fsp3) is 0.562. The Kier molecular flexibility index (Phi) is 2.38. The summed E-state index contributed by atoms with van der Waals surface area (Å²) in [6, 6.07) is 6.01. The fourth-order valence-electron chi connectivity index (χ4n) is 4.58. The molecule has 4 rings (SSSR count). The number of methoxy groups -OCH3 is 1. The first kappa shape index (κ1) is 11.3. The molecule has 4 unspecified atom stereocenters. The highest BCUT2D eigenvalue weighted by atomic mass is 16.5. The zero-order chi connectivity index (χ0) is 13.0. The van der Waals surface area contributed by atoms with Crippen molar-refractivity contribution in [2.45, 2.75) is 31.6 Å². The van der Waals surface area contributed by atoms with Gasteiger partial charge in [0, 0.05) is 0 Å². The SMILES string of the molecule is COc1cccc2c1NC(=O)C2C1CC2CCC1C2. The van der Waals surface area contributed by atoms with Crippen molar-refractivity contribution in [3.63, 3.8) is 0 Å². The molecule has 3 heteroatoms. The Balaban J connectivity index is 1.73. The summed E-state index contributed by atoms with van der Waals surface area (Å²) >= 11 is 0. The number of nitrogens with one attached hydrogen (secondary N) is 1. The normalized spacial score (nSPS) is 35.3. The van der Waals surface area contributed by atoms with E-state index in [1.165, 1.54) is 25.7 Å². The first-order valence-corrected chi connectivity index (χ1v) is 7.25. The molecule has 1 heterocycles. The predicted molar refractivity (Wildman–Crippen MR) is 73.3 cm³/mol. The zero-order valence-electron chi connectivity index (χ0n) is 11.2. The molecular formula is C16H19NO2. The smallest absolute Gasteiger partial charge is 0.232 e. The lowest BCUT2D eigenvalue weighted by atomic mass is 9.76. The Morgan fingerprint density at radius 2 is 2.16 bits per heavy atom. The van der Waals surface area contributed by atoms with E-state index in [1.54, 1.807) is 7.11 Å². The molecule has 0 aromatic heterocycles. The van der Waals surface area contributed by atoms with Crippen LogP contribution in [0.15, 0.2) is 18.2 Å². The van der Waals surface area contributed by atoms with Gasteiger partial charge in [-0.3, -0.25) is 4.79 Å². The Hall–Kier alpha value is -1.51. The highest BCUT2D eigenvalue weighted by Crippen LogP contribution is 2.56. The molecule has 1 aliphatic heterocycles. The van der Waals surface area contributed by atoms with E-state index in [0.717, 1.165) is 28.8 Å². The maximum atomic E-state index is 12.4. The van der Waals surface area contributed by atoms with Crippen LogP contribution in [-0.2, 0) is 4.79 Å². The van der Waals surface area contributed by atoms with E-state index in [9.17, 15) is 4.79 Å². The molecule has 1 N–H and O–H groups in total. The summed E-state index contributed by atoms with van der Waals surface area (Å²) < 4.78 is 5.36. The second kappa shape index (κ2) is 3.99. The van der Waals surface area contributed by atoms with Gasteiger partial charge < -0.3 is 10.1 Å². The van der Waals surface area contributed by atoms with Gasteiger partial charge in [-0.1, -0.05) is 18.6 Å². The van der Waals surface area contributed by atoms with E-state index in [2.05, 4.69) is 11.4 Å². The molecule has 2 fully saturated rings. The first-order valence-electron chi connectivity index (χ1n) is 7.25. The average molecular weight is 257 g/mol. The molecule has 19 heavy (non-hydrogen) atoms. The van der Waals surface area contributed by atoms with Gasteiger partial charge in [-0.05, 0) is 48.6 Å². The number of anilines is 1. The number of para-hydroxylation sites is 1. The van der Waals surface area contributed by atoms with Crippen LogP contribution in [-0.4, -0.2) is 13.0 Å². The molecule has 0 saturated heterocycles. The molecule has 100 valence electrons. The van der Waals surface area contributed by atoms with E-state index in [1.807, 2.05) is 12.1 Å². The molecule has 0 radical (unpaired) electrons. The van der Waals surface area contributed by atoms with Crippen LogP contribution in [0.3, 0.4) is 0 Å². The Morgan fingerprint density at radius 1 is 1.26 bits per heavy atom. The summed E-state index contributed by atoms with van der Waals surface area (Å²) in [7, 11) is 1.66. The summed E-state index contributed by atoms with van der Waals surface area (Å²) in [6.07, 6.45) is 5.27. The fourth-order valence-corrected chi connectivity index (χ4v) is 4.58. The molecule has 2 aliphatic carbocycles. The van der Waals surface area contributed by atoms with E-state index < -0.39 is 0 Å². The van der Waals surface area contributed by atoms with Crippen LogP contribution in [0.5, 0.6) is 5.75 Å². The van der Waals surface area contributed by atoms with Crippen molar-refractivity contribution in [3.05, 3.63) is 23.8 Å². The highest BCUT2D eigenvalue weighted by Gasteiger charge is 2.48. The van der Waals surface area contributed by atoms with Gasteiger partial charge in [0.25, 0.3) is 0 Å². The third-order valence-corrected chi connectivity index (χ3v) is 5.37. The lowest BCUT2D eigenvalue weighted by molar-refractivity contribution is -0.118. The summed E-state index contributed by atoms with van der Waals surface area (Å²) in [5.41, 5.74) is 2.06. The number of hydrogen-bond acceptors (Lipinski definition) is 2. The standard InChI is InChI=1S/C16H19NO2/c1-19-13-4-2-3-11-14(16(18)17-15(11)13)12-8-9-5-6-10(12)7-9/h2-4,9-10,12,14H,5-8H2,1H3,(H,17,18). The predicted octanol–water partition coefficient (Wildman–Crippen LogP) is 3.17. The van der Waals surface area contributed by atoms with Crippen molar-refractivity contribution in [2.75, 3.05) is 12.4 Å². The molecule has 3 nitrogen and oxygen atoms in total. The minimum absolute atomic E-state index is 0.0559.